The number of aliphatic hydroxyl groups excluding tert-OH is 2. The van der Waals surface area contributed by atoms with E-state index in [1.807, 2.05) is 5.32 Å². The fraction of sp³-hybridized carbons (Fsp3) is 0.692. The Morgan fingerprint density at radius 2 is 2.00 bits per heavy atom. The van der Waals surface area contributed by atoms with Gasteiger partial charge in [-0.1, -0.05) is 0 Å². The fourth-order valence-corrected chi connectivity index (χ4v) is 1.10. The molecular formula is C13H26N2O6Ta. The molecule has 3 N–H and O–H groups in total. The van der Waals surface area contributed by atoms with Gasteiger partial charge in [-0.3, -0.25) is 14.9 Å². The van der Waals surface area contributed by atoms with Crippen molar-refractivity contribution in [3.8, 4) is 0 Å². The Morgan fingerprint density at radius 3 is 2.36 bits per heavy atom. The van der Waals surface area contributed by atoms with E-state index in [1.54, 1.807) is 25.3 Å². The molecule has 0 aliphatic carbocycles. The molecule has 8 nitrogen and oxygen atoms in total. The van der Waals surface area contributed by atoms with E-state index in [-0.39, 0.29) is 41.7 Å². The van der Waals surface area contributed by atoms with Gasteiger partial charge in [0, 0.05) is 62.5 Å². The quantitative estimate of drug-likeness (QED) is 0.261. The molecule has 129 valence electrons. The van der Waals surface area contributed by atoms with Crippen molar-refractivity contribution < 1.29 is 51.7 Å². The minimum atomic E-state index is -0.465. The normalized spacial score (nSPS) is 11.0. The summed E-state index contributed by atoms with van der Waals surface area (Å²) >= 11 is 0. The fourth-order valence-electron chi connectivity index (χ4n) is 1.10. The van der Waals surface area contributed by atoms with Crippen molar-refractivity contribution in [3.05, 3.63) is 12.3 Å². The van der Waals surface area contributed by atoms with E-state index in [0.29, 0.717) is 26.0 Å². The monoisotopic (exact) mass is 487 g/mol. The van der Waals surface area contributed by atoms with Crippen molar-refractivity contribution in [2.24, 2.45) is 0 Å². The van der Waals surface area contributed by atoms with Crippen LogP contribution in [0, 0.1) is 0 Å². The molecule has 0 saturated heterocycles. The Hall–Kier alpha value is -0.740. The number of nitrogens with zero attached hydrogens (tertiary/aromatic N) is 1. The topological polar surface area (TPSA) is 108 Å². The van der Waals surface area contributed by atoms with Gasteiger partial charge in [0.1, 0.15) is 0 Å². The summed E-state index contributed by atoms with van der Waals surface area (Å²) in [5.74, 6) is -0.465. The number of nitrogens with one attached hydrogen (secondary N) is 1. The zero-order valence-electron chi connectivity index (χ0n) is 13.3. The van der Waals surface area contributed by atoms with Gasteiger partial charge in [0.25, 0.3) is 5.91 Å². The summed E-state index contributed by atoms with van der Waals surface area (Å²) in [6, 6.07) is 0. The van der Waals surface area contributed by atoms with E-state index in [1.165, 1.54) is 13.2 Å². The molecule has 0 rings (SSSR count). The van der Waals surface area contributed by atoms with Crippen molar-refractivity contribution in [1.82, 2.24) is 10.2 Å². The first-order valence-electron chi connectivity index (χ1n) is 6.41. The molecule has 22 heavy (non-hydrogen) atoms. The van der Waals surface area contributed by atoms with E-state index in [2.05, 4.69) is 4.74 Å². The van der Waals surface area contributed by atoms with Gasteiger partial charge < -0.3 is 24.6 Å². The summed E-state index contributed by atoms with van der Waals surface area (Å²) in [5.41, 5.74) is 0. The Labute approximate surface area is 147 Å². The minimum Gasteiger partial charge on any atom is -0.394 e. The summed E-state index contributed by atoms with van der Waals surface area (Å²) in [5, 5.41) is 18.8. The standard InChI is InChI=1S/C10H18N2O4.C3H8O2.Ta/c1-12(5-3-9(7-13)16-2)6-4-10(15)11-8-14;1-5-3-2-4;/h4,6,8-9,13H,3,5,7H2,1-2H3,(H,11,14,15);4H,2-3H2,1H3;/b6-4-;;. The van der Waals surface area contributed by atoms with Gasteiger partial charge in [0.2, 0.25) is 6.41 Å². The number of rotatable bonds is 10. The van der Waals surface area contributed by atoms with Gasteiger partial charge in [0.05, 0.1) is 25.9 Å². The maximum Gasteiger partial charge on any atom is 0.251 e. The van der Waals surface area contributed by atoms with Crippen LogP contribution in [0.2, 0.25) is 0 Å². The van der Waals surface area contributed by atoms with Crippen LogP contribution in [0.1, 0.15) is 6.42 Å². The Balaban J connectivity index is -0.000000520. The number of imide groups is 1. The van der Waals surface area contributed by atoms with E-state index < -0.39 is 5.91 Å². The van der Waals surface area contributed by atoms with Crippen LogP contribution >= 0.6 is 0 Å². The molecule has 0 fully saturated rings. The Bertz CT molecular complexity index is 286. The van der Waals surface area contributed by atoms with Crippen LogP contribution in [-0.4, -0.2) is 81.2 Å². The number of carbonyl (C=O) groups excluding carboxylic acids is 2. The third-order valence-corrected chi connectivity index (χ3v) is 2.32. The Morgan fingerprint density at radius 1 is 1.36 bits per heavy atom. The van der Waals surface area contributed by atoms with Gasteiger partial charge in [-0.05, 0) is 6.42 Å². The maximum absolute atomic E-state index is 10.9. The predicted octanol–water partition coefficient (Wildman–Crippen LogP) is -1.28. The van der Waals surface area contributed by atoms with E-state index >= 15 is 0 Å². The third-order valence-electron chi connectivity index (χ3n) is 2.32. The third kappa shape index (κ3) is 19.3. The second kappa shape index (κ2) is 20.3. The first-order valence-corrected chi connectivity index (χ1v) is 6.41. The van der Waals surface area contributed by atoms with Gasteiger partial charge in [-0.25, -0.2) is 0 Å². The molecule has 0 bridgehead atoms. The molecule has 0 aromatic carbocycles. The number of ether oxygens (including phenoxy) is 2. The van der Waals surface area contributed by atoms with E-state index in [9.17, 15) is 9.59 Å². The second-order valence-electron chi connectivity index (χ2n) is 3.97. The summed E-state index contributed by atoms with van der Waals surface area (Å²) in [7, 11) is 4.87. The van der Waals surface area contributed by atoms with Crippen LogP contribution in [0.5, 0.6) is 0 Å². The molecule has 1 unspecified atom stereocenters. The van der Waals surface area contributed by atoms with Crippen molar-refractivity contribution in [1.29, 1.82) is 0 Å². The molecule has 1 radical (unpaired) electrons. The van der Waals surface area contributed by atoms with Gasteiger partial charge in [-0.15, -0.1) is 0 Å². The molecule has 0 aliphatic rings. The molecule has 0 aliphatic heterocycles. The summed E-state index contributed by atoms with van der Waals surface area (Å²) in [6.45, 7) is 1.18. The van der Waals surface area contributed by atoms with Crippen LogP contribution in [-0.2, 0) is 41.4 Å². The van der Waals surface area contributed by atoms with E-state index in [0.717, 1.165) is 0 Å². The first-order chi connectivity index (χ1) is 10.0. The number of hydrogen-bond acceptors (Lipinski definition) is 7. The van der Waals surface area contributed by atoms with Crippen LogP contribution in [0.25, 0.3) is 0 Å². The zero-order chi connectivity index (χ0) is 16.5. The molecular weight excluding hydrogens is 461 g/mol. The summed E-state index contributed by atoms with van der Waals surface area (Å²) in [4.78, 5) is 22.6. The molecule has 0 heterocycles. The van der Waals surface area contributed by atoms with Gasteiger partial charge in [-0.2, -0.15) is 0 Å². The van der Waals surface area contributed by atoms with Crippen molar-refractivity contribution in [3.63, 3.8) is 0 Å². The minimum absolute atomic E-state index is 0. The number of methoxy groups -OCH3 is 2. The predicted molar refractivity (Wildman–Crippen MR) is 77.4 cm³/mol. The zero-order valence-corrected chi connectivity index (χ0v) is 16.5. The van der Waals surface area contributed by atoms with Crippen molar-refractivity contribution >= 4 is 12.3 Å². The SMILES string of the molecule is COC(CO)CCN(C)/C=C\C(=O)NC=O.COCCO.[Ta]. The smallest absolute Gasteiger partial charge is 0.251 e. The van der Waals surface area contributed by atoms with Crippen molar-refractivity contribution in [2.45, 2.75) is 12.5 Å². The molecule has 1 atom stereocenters. The average molecular weight is 487 g/mol. The molecule has 0 spiro atoms. The summed E-state index contributed by atoms with van der Waals surface area (Å²) < 4.78 is 9.43. The number of carbonyl (C=O) groups is 2. The largest absolute Gasteiger partial charge is 0.394 e. The Kier molecular flexibility index (Phi) is 24.1. The van der Waals surface area contributed by atoms with E-state index in [4.69, 9.17) is 14.9 Å². The van der Waals surface area contributed by atoms with Crippen molar-refractivity contribution in [2.75, 3.05) is 47.6 Å². The number of aliphatic hydroxyl groups is 2. The maximum atomic E-state index is 10.9. The molecule has 2 amide bonds. The average Bonchev–Trinajstić information content (AvgIpc) is 2.48. The molecule has 0 aromatic heterocycles. The molecule has 0 saturated carbocycles. The van der Waals surface area contributed by atoms with Crippen LogP contribution in [0.3, 0.4) is 0 Å². The van der Waals surface area contributed by atoms with Gasteiger partial charge in [0.15, 0.2) is 0 Å². The second-order valence-corrected chi connectivity index (χ2v) is 3.97. The van der Waals surface area contributed by atoms with Crippen LogP contribution < -0.4 is 5.32 Å². The molecule has 0 aromatic rings. The van der Waals surface area contributed by atoms with Crippen LogP contribution in [0.15, 0.2) is 12.3 Å². The number of hydrogen-bond donors (Lipinski definition) is 3. The number of amides is 2. The molecule has 9 heteroatoms. The van der Waals surface area contributed by atoms with Gasteiger partial charge >= 0.3 is 0 Å². The van der Waals surface area contributed by atoms with Crippen LogP contribution in [0.4, 0.5) is 0 Å². The summed E-state index contributed by atoms with van der Waals surface area (Å²) in [6.07, 6.45) is 3.61. The first kappa shape index (κ1) is 26.2.